The topological polar surface area (TPSA) is 255 Å². The van der Waals surface area contributed by atoms with Crippen LogP contribution in [-0.2, 0) is 25.6 Å². The number of aliphatic imine (C=N–C) groups is 1. The minimum atomic E-state index is -1.43. The number of carbonyl (C=O) groups excluding carboxylic acids is 3. The molecule has 0 aliphatic carbocycles. The molecule has 0 aliphatic heterocycles. The van der Waals surface area contributed by atoms with Crippen molar-refractivity contribution in [2.75, 3.05) is 6.54 Å². The number of phenols is 1. The highest BCUT2D eigenvalue weighted by Gasteiger charge is 2.32. The summed E-state index contributed by atoms with van der Waals surface area (Å²) in [4.78, 5) is 54.3. The number of nitrogens with zero attached hydrogens (tertiary/aromatic N) is 1. The number of hydrogen-bond donors (Lipinski definition) is 9. The Balaban J connectivity index is 3.10. The van der Waals surface area contributed by atoms with Crippen molar-refractivity contribution < 1.29 is 34.5 Å². The molecule has 1 rings (SSSR count). The number of nitrogens with one attached hydrogen (secondary N) is 3. The van der Waals surface area contributed by atoms with Crippen LogP contribution in [0.15, 0.2) is 29.3 Å². The molecule has 0 fully saturated rings. The summed E-state index contributed by atoms with van der Waals surface area (Å²) < 4.78 is 0. The van der Waals surface area contributed by atoms with Gasteiger partial charge in [-0.25, -0.2) is 4.79 Å². The largest absolute Gasteiger partial charge is 0.508 e. The number of rotatable bonds is 16. The highest BCUT2D eigenvalue weighted by atomic mass is 16.4. The number of benzene rings is 1. The smallest absolute Gasteiger partial charge is 0.326 e. The van der Waals surface area contributed by atoms with E-state index in [2.05, 4.69) is 20.9 Å². The molecule has 0 radical (unpaired) electrons. The lowest BCUT2D eigenvalue weighted by Gasteiger charge is -2.27. The van der Waals surface area contributed by atoms with E-state index in [0.717, 1.165) is 0 Å². The predicted molar refractivity (Wildman–Crippen MR) is 144 cm³/mol. The SMILES string of the molecule is CC(C)CC(N)C(=O)NC(C(=O)NC(Cc1ccc(O)cc1)C(=O)NC(CCCN=C(N)N)C(=O)O)C(C)O. The van der Waals surface area contributed by atoms with Crippen LogP contribution in [0, 0.1) is 5.92 Å². The molecule has 5 unspecified atom stereocenters. The van der Waals surface area contributed by atoms with Crippen molar-refractivity contribution in [2.45, 2.75) is 76.7 Å². The van der Waals surface area contributed by atoms with Crippen LogP contribution >= 0.6 is 0 Å². The zero-order valence-electron chi connectivity index (χ0n) is 22.5. The van der Waals surface area contributed by atoms with Gasteiger partial charge < -0.3 is 48.5 Å². The first-order chi connectivity index (χ1) is 18.2. The predicted octanol–water partition coefficient (Wildman–Crippen LogP) is -1.72. The molecule has 0 saturated carbocycles. The molecule has 0 heterocycles. The van der Waals surface area contributed by atoms with Gasteiger partial charge in [0.05, 0.1) is 12.1 Å². The van der Waals surface area contributed by atoms with Crippen LogP contribution in [0.5, 0.6) is 5.75 Å². The van der Waals surface area contributed by atoms with Crippen LogP contribution in [0.25, 0.3) is 0 Å². The van der Waals surface area contributed by atoms with Gasteiger partial charge in [0.15, 0.2) is 5.96 Å². The highest BCUT2D eigenvalue weighted by molar-refractivity contribution is 5.94. The number of aliphatic hydroxyl groups excluding tert-OH is 1. The van der Waals surface area contributed by atoms with Gasteiger partial charge in [0, 0.05) is 13.0 Å². The second kappa shape index (κ2) is 16.1. The molecular weight excluding hydrogens is 510 g/mol. The summed E-state index contributed by atoms with van der Waals surface area (Å²) in [6.07, 6.45) is -0.786. The van der Waals surface area contributed by atoms with E-state index in [-0.39, 0.29) is 43.4 Å². The number of aliphatic carboxylic acids is 1. The van der Waals surface area contributed by atoms with Gasteiger partial charge in [0.2, 0.25) is 17.7 Å². The number of hydrogen-bond acceptors (Lipinski definition) is 8. The Hall–Kier alpha value is -3.91. The summed E-state index contributed by atoms with van der Waals surface area (Å²) in [6, 6.07) is 0.923. The molecule has 5 atom stereocenters. The van der Waals surface area contributed by atoms with Gasteiger partial charge in [-0.15, -0.1) is 0 Å². The van der Waals surface area contributed by atoms with Crippen LogP contribution in [0.1, 0.15) is 45.6 Å². The number of aromatic hydroxyl groups is 1. The molecule has 39 heavy (non-hydrogen) atoms. The molecule has 14 heteroatoms. The number of carboxylic acid groups (broad SMARTS) is 1. The van der Waals surface area contributed by atoms with E-state index in [9.17, 15) is 34.5 Å². The molecule has 14 nitrogen and oxygen atoms in total. The van der Waals surface area contributed by atoms with E-state index < -0.39 is 54.0 Å². The zero-order valence-corrected chi connectivity index (χ0v) is 22.5. The van der Waals surface area contributed by atoms with Crippen LogP contribution in [0.2, 0.25) is 0 Å². The van der Waals surface area contributed by atoms with E-state index in [1.807, 2.05) is 13.8 Å². The standard InChI is InChI=1S/C25H41N7O7/c1-13(2)11-17(26)21(35)32-20(14(3)33)23(37)31-19(12-15-6-8-16(34)9-7-15)22(36)30-18(24(38)39)5-4-10-29-25(27)28/h6-9,13-14,17-20,33-34H,4-5,10-12,26H2,1-3H3,(H,30,36)(H,31,37)(H,32,35)(H,38,39)(H4,27,28,29). The summed E-state index contributed by atoms with van der Waals surface area (Å²) >= 11 is 0. The van der Waals surface area contributed by atoms with Crippen molar-refractivity contribution >= 4 is 29.7 Å². The molecule has 0 aromatic heterocycles. The number of phenolic OH excluding ortho intramolecular Hbond substituents is 1. The summed E-state index contributed by atoms with van der Waals surface area (Å²) in [5, 5.41) is 36.7. The van der Waals surface area contributed by atoms with Gasteiger partial charge in [0.1, 0.15) is 23.9 Å². The van der Waals surface area contributed by atoms with Crippen molar-refractivity contribution in [1.29, 1.82) is 0 Å². The number of carboxylic acids is 1. The molecule has 12 N–H and O–H groups in total. The Morgan fingerprint density at radius 2 is 1.51 bits per heavy atom. The second-order valence-corrected chi connectivity index (χ2v) is 9.74. The summed E-state index contributed by atoms with van der Waals surface area (Å²) in [7, 11) is 0. The third kappa shape index (κ3) is 12.5. The number of aliphatic hydroxyl groups is 1. The van der Waals surface area contributed by atoms with Crippen LogP contribution in [0.4, 0.5) is 0 Å². The van der Waals surface area contributed by atoms with E-state index in [0.29, 0.717) is 12.0 Å². The maximum Gasteiger partial charge on any atom is 0.326 e. The Morgan fingerprint density at radius 3 is 2.03 bits per heavy atom. The molecule has 218 valence electrons. The van der Waals surface area contributed by atoms with Gasteiger partial charge in [-0.3, -0.25) is 19.4 Å². The van der Waals surface area contributed by atoms with E-state index in [1.54, 1.807) is 0 Å². The molecule has 1 aromatic rings. The van der Waals surface area contributed by atoms with Gasteiger partial charge in [-0.2, -0.15) is 0 Å². The Labute approximate surface area is 227 Å². The van der Waals surface area contributed by atoms with Crippen LogP contribution in [-0.4, -0.2) is 81.8 Å². The minimum absolute atomic E-state index is 0.00915. The Bertz CT molecular complexity index is 995. The van der Waals surface area contributed by atoms with E-state index in [1.165, 1.54) is 31.2 Å². The van der Waals surface area contributed by atoms with Crippen molar-refractivity contribution in [3.8, 4) is 5.75 Å². The normalized spacial score (nSPS) is 14.8. The van der Waals surface area contributed by atoms with Gasteiger partial charge in [0.25, 0.3) is 0 Å². The lowest BCUT2D eigenvalue weighted by Crippen LogP contribution is -2.60. The molecular formula is C25H41N7O7. The molecule has 0 saturated heterocycles. The van der Waals surface area contributed by atoms with E-state index in [4.69, 9.17) is 17.2 Å². The molecule has 0 spiro atoms. The summed E-state index contributed by atoms with van der Waals surface area (Å²) in [6.45, 7) is 5.21. The van der Waals surface area contributed by atoms with Gasteiger partial charge in [-0.05, 0) is 49.8 Å². The quantitative estimate of drug-likeness (QED) is 0.0638. The lowest BCUT2D eigenvalue weighted by atomic mass is 10.0. The van der Waals surface area contributed by atoms with Gasteiger partial charge in [-0.1, -0.05) is 26.0 Å². The van der Waals surface area contributed by atoms with Crippen molar-refractivity contribution in [2.24, 2.45) is 28.1 Å². The first-order valence-corrected chi connectivity index (χ1v) is 12.6. The number of guanidine groups is 1. The second-order valence-electron chi connectivity index (χ2n) is 9.74. The molecule has 1 aromatic carbocycles. The van der Waals surface area contributed by atoms with Crippen molar-refractivity contribution in [1.82, 2.24) is 16.0 Å². The average Bonchev–Trinajstić information content (AvgIpc) is 2.83. The number of amides is 3. The van der Waals surface area contributed by atoms with Crippen molar-refractivity contribution in [3.63, 3.8) is 0 Å². The summed E-state index contributed by atoms with van der Waals surface area (Å²) in [5.41, 5.74) is 17.0. The fraction of sp³-hybridized carbons (Fsp3) is 0.560. The lowest BCUT2D eigenvalue weighted by molar-refractivity contribution is -0.142. The van der Waals surface area contributed by atoms with Crippen LogP contribution < -0.4 is 33.2 Å². The fourth-order valence-electron chi connectivity index (χ4n) is 3.65. The minimum Gasteiger partial charge on any atom is -0.508 e. The Kier molecular flexibility index (Phi) is 13.7. The number of nitrogens with two attached hydrogens (primary N) is 3. The Morgan fingerprint density at radius 1 is 0.923 bits per heavy atom. The van der Waals surface area contributed by atoms with E-state index >= 15 is 0 Å². The molecule has 0 bridgehead atoms. The number of carbonyl (C=O) groups is 4. The zero-order chi connectivity index (χ0) is 29.7. The highest BCUT2D eigenvalue weighted by Crippen LogP contribution is 2.12. The van der Waals surface area contributed by atoms with Crippen molar-refractivity contribution in [3.05, 3.63) is 29.8 Å². The maximum absolute atomic E-state index is 13.2. The summed E-state index contributed by atoms with van der Waals surface area (Å²) in [5.74, 6) is -3.65. The molecule has 0 aliphatic rings. The van der Waals surface area contributed by atoms with Gasteiger partial charge >= 0.3 is 5.97 Å². The first kappa shape index (κ1) is 33.1. The third-order valence-corrected chi connectivity index (χ3v) is 5.69. The maximum atomic E-state index is 13.2. The monoisotopic (exact) mass is 551 g/mol. The molecule has 3 amide bonds. The average molecular weight is 552 g/mol. The first-order valence-electron chi connectivity index (χ1n) is 12.6. The fourth-order valence-corrected chi connectivity index (χ4v) is 3.65. The third-order valence-electron chi connectivity index (χ3n) is 5.69. The van der Waals surface area contributed by atoms with Crippen LogP contribution in [0.3, 0.4) is 0 Å².